The first kappa shape index (κ1) is 21.5. The first-order valence-electron chi connectivity index (χ1n) is 9.98. The number of hydrogen-bond acceptors (Lipinski definition) is 3. The Bertz CT molecular complexity index is 843. The molecule has 5 nitrogen and oxygen atoms in total. The molecule has 0 aliphatic carbocycles. The molecule has 2 amide bonds. The predicted molar refractivity (Wildman–Crippen MR) is 118 cm³/mol. The summed E-state index contributed by atoms with van der Waals surface area (Å²) in [4.78, 5) is 29.3. The summed E-state index contributed by atoms with van der Waals surface area (Å²) in [6.07, 6.45) is 1.40. The van der Waals surface area contributed by atoms with Gasteiger partial charge in [-0.05, 0) is 62.3 Å². The summed E-state index contributed by atoms with van der Waals surface area (Å²) in [5.41, 5.74) is 3.07. The molecular weight excluding hydrogens is 430 g/mol. The second-order valence-electron chi connectivity index (χ2n) is 7.80. The number of piperidine rings is 1. The van der Waals surface area contributed by atoms with Crippen molar-refractivity contribution in [2.45, 2.75) is 25.9 Å². The predicted octanol–water partition coefficient (Wildman–Crippen LogP) is 3.68. The third-order valence-corrected chi connectivity index (χ3v) is 5.83. The average molecular weight is 458 g/mol. The topological polar surface area (TPSA) is 52.7 Å². The van der Waals surface area contributed by atoms with E-state index in [0.717, 1.165) is 16.6 Å². The van der Waals surface area contributed by atoms with Gasteiger partial charge in [0, 0.05) is 42.1 Å². The zero-order valence-electron chi connectivity index (χ0n) is 17.0. The van der Waals surface area contributed by atoms with Crippen LogP contribution in [0.2, 0.25) is 0 Å². The molecule has 0 spiro atoms. The van der Waals surface area contributed by atoms with Gasteiger partial charge in [-0.3, -0.25) is 9.59 Å². The zero-order valence-corrected chi connectivity index (χ0v) is 18.6. The SMILES string of the molecule is CN(C)Cc1ccccc1CNC(=O)C1CCN(C(=O)c2ccc(Br)cc2)CC1. The molecule has 0 unspecified atom stereocenters. The molecule has 2 aromatic carbocycles. The van der Waals surface area contributed by atoms with Crippen LogP contribution in [0.15, 0.2) is 53.0 Å². The molecule has 1 heterocycles. The number of amides is 2. The third kappa shape index (κ3) is 5.90. The highest BCUT2D eigenvalue weighted by Gasteiger charge is 2.27. The molecule has 3 rings (SSSR count). The minimum Gasteiger partial charge on any atom is -0.352 e. The molecule has 0 atom stereocenters. The van der Waals surface area contributed by atoms with Gasteiger partial charge in [-0.25, -0.2) is 0 Å². The van der Waals surface area contributed by atoms with Crippen LogP contribution in [-0.2, 0) is 17.9 Å². The van der Waals surface area contributed by atoms with Crippen LogP contribution < -0.4 is 5.32 Å². The molecule has 0 bridgehead atoms. The molecule has 2 aromatic rings. The fraction of sp³-hybridized carbons (Fsp3) is 0.391. The molecule has 0 aromatic heterocycles. The largest absolute Gasteiger partial charge is 0.352 e. The Morgan fingerprint density at radius 1 is 1.03 bits per heavy atom. The molecule has 1 aliphatic heterocycles. The summed E-state index contributed by atoms with van der Waals surface area (Å²) >= 11 is 3.39. The first-order chi connectivity index (χ1) is 13.9. The molecule has 154 valence electrons. The number of hydrogen-bond donors (Lipinski definition) is 1. The number of nitrogens with one attached hydrogen (secondary N) is 1. The van der Waals surface area contributed by atoms with Crippen molar-refractivity contribution in [3.8, 4) is 0 Å². The minimum absolute atomic E-state index is 0.0361. The van der Waals surface area contributed by atoms with E-state index in [1.807, 2.05) is 55.4 Å². The maximum Gasteiger partial charge on any atom is 0.253 e. The summed E-state index contributed by atoms with van der Waals surface area (Å²) in [5, 5.41) is 3.10. The molecule has 6 heteroatoms. The van der Waals surface area contributed by atoms with Gasteiger partial charge in [-0.1, -0.05) is 40.2 Å². The van der Waals surface area contributed by atoms with Crippen molar-refractivity contribution in [1.29, 1.82) is 0 Å². The number of halogens is 1. The van der Waals surface area contributed by atoms with Gasteiger partial charge in [0.1, 0.15) is 0 Å². The molecule has 1 saturated heterocycles. The lowest BCUT2D eigenvalue weighted by molar-refractivity contribution is -0.126. The van der Waals surface area contributed by atoms with E-state index < -0.39 is 0 Å². The van der Waals surface area contributed by atoms with E-state index in [4.69, 9.17) is 0 Å². The third-order valence-electron chi connectivity index (χ3n) is 5.30. The number of likely N-dealkylation sites (tertiary alicyclic amines) is 1. The number of rotatable bonds is 6. The van der Waals surface area contributed by atoms with Gasteiger partial charge in [-0.15, -0.1) is 0 Å². The molecule has 1 N–H and O–H groups in total. The Hall–Kier alpha value is -2.18. The van der Waals surface area contributed by atoms with Crippen molar-refractivity contribution >= 4 is 27.7 Å². The standard InChI is InChI=1S/C23H28BrN3O2/c1-26(2)16-20-6-4-3-5-19(20)15-25-22(28)17-11-13-27(14-12-17)23(29)18-7-9-21(24)10-8-18/h3-10,17H,11-16H2,1-2H3,(H,25,28). The summed E-state index contributed by atoms with van der Waals surface area (Å²) in [7, 11) is 4.08. The van der Waals surface area contributed by atoms with E-state index in [1.54, 1.807) is 0 Å². The van der Waals surface area contributed by atoms with Crippen LogP contribution in [0.4, 0.5) is 0 Å². The summed E-state index contributed by atoms with van der Waals surface area (Å²) in [6.45, 7) is 2.62. The Kier molecular flexibility index (Phi) is 7.45. The maximum atomic E-state index is 12.7. The van der Waals surface area contributed by atoms with E-state index in [2.05, 4.69) is 38.3 Å². The van der Waals surface area contributed by atoms with E-state index in [0.29, 0.717) is 38.0 Å². The fourth-order valence-electron chi connectivity index (χ4n) is 3.67. The van der Waals surface area contributed by atoms with E-state index in [-0.39, 0.29) is 17.7 Å². The lowest BCUT2D eigenvalue weighted by Gasteiger charge is -2.31. The lowest BCUT2D eigenvalue weighted by atomic mass is 9.95. The van der Waals surface area contributed by atoms with Gasteiger partial charge in [0.15, 0.2) is 0 Å². The maximum absolute atomic E-state index is 12.7. The normalized spacial score (nSPS) is 14.8. The zero-order chi connectivity index (χ0) is 20.8. The van der Waals surface area contributed by atoms with Gasteiger partial charge in [0.05, 0.1) is 0 Å². The molecular formula is C23H28BrN3O2. The number of nitrogens with zero attached hydrogens (tertiary/aromatic N) is 2. The quantitative estimate of drug-likeness (QED) is 0.719. The Labute approximate surface area is 181 Å². The number of carbonyl (C=O) groups is 2. The van der Waals surface area contributed by atoms with Crippen molar-refractivity contribution in [3.63, 3.8) is 0 Å². The van der Waals surface area contributed by atoms with Crippen LogP contribution in [0.5, 0.6) is 0 Å². The highest BCUT2D eigenvalue weighted by molar-refractivity contribution is 9.10. The Morgan fingerprint density at radius 3 is 2.28 bits per heavy atom. The van der Waals surface area contributed by atoms with E-state index in [1.165, 1.54) is 5.56 Å². The second-order valence-corrected chi connectivity index (χ2v) is 8.71. The number of carbonyl (C=O) groups excluding carboxylic acids is 2. The van der Waals surface area contributed by atoms with Crippen molar-refractivity contribution < 1.29 is 9.59 Å². The van der Waals surface area contributed by atoms with Gasteiger partial charge >= 0.3 is 0 Å². The first-order valence-corrected chi connectivity index (χ1v) is 10.8. The minimum atomic E-state index is -0.0371. The fourth-order valence-corrected chi connectivity index (χ4v) is 3.94. The van der Waals surface area contributed by atoms with Crippen LogP contribution in [0.25, 0.3) is 0 Å². The highest BCUT2D eigenvalue weighted by Crippen LogP contribution is 2.21. The average Bonchev–Trinajstić information content (AvgIpc) is 2.72. The summed E-state index contributed by atoms with van der Waals surface area (Å²) in [5.74, 6) is 0.0827. The monoisotopic (exact) mass is 457 g/mol. The second kappa shape index (κ2) is 10.0. The van der Waals surface area contributed by atoms with Gasteiger partial charge < -0.3 is 15.1 Å². The van der Waals surface area contributed by atoms with Crippen molar-refractivity contribution in [1.82, 2.24) is 15.1 Å². The van der Waals surface area contributed by atoms with Crippen LogP contribution in [0.3, 0.4) is 0 Å². The molecule has 0 saturated carbocycles. The number of benzene rings is 2. The van der Waals surface area contributed by atoms with Gasteiger partial charge in [0.2, 0.25) is 5.91 Å². The summed E-state index contributed by atoms with van der Waals surface area (Å²) < 4.78 is 0.955. The Morgan fingerprint density at radius 2 is 1.66 bits per heavy atom. The summed E-state index contributed by atoms with van der Waals surface area (Å²) in [6, 6.07) is 15.6. The Balaban J connectivity index is 1.50. The van der Waals surface area contributed by atoms with Crippen LogP contribution >= 0.6 is 15.9 Å². The van der Waals surface area contributed by atoms with Crippen molar-refractivity contribution in [3.05, 3.63) is 69.7 Å². The molecule has 0 radical (unpaired) electrons. The molecule has 1 fully saturated rings. The van der Waals surface area contributed by atoms with Crippen LogP contribution in [0, 0.1) is 5.92 Å². The molecule has 29 heavy (non-hydrogen) atoms. The van der Waals surface area contributed by atoms with Gasteiger partial charge in [-0.2, -0.15) is 0 Å². The lowest BCUT2D eigenvalue weighted by Crippen LogP contribution is -2.43. The van der Waals surface area contributed by atoms with Crippen LogP contribution in [-0.4, -0.2) is 48.8 Å². The van der Waals surface area contributed by atoms with Crippen LogP contribution in [0.1, 0.15) is 34.3 Å². The van der Waals surface area contributed by atoms with Gasteiger partial charge in [0.25, 0.3) is 5.91 Å². The van der Waals surface area contributed by atoms with Crippen molar-refractivity contribution in [2.24, 2.45) is 5.92 Å². The highest BCUT2D eigenvalue weighted by atomic mass is 79.9. The van der Waals surface area contributed by atoms with E-state index >= 15 is 0 Å². The smallest absolute Gasteiger partial charge is 0.253 e. The van der Waals surface area contributed by atoms with E-state index in [9.17, 15) is 9.59 Å². The molecule has 1 aliphatic rings. The van der Waals surface area contributed by atoms with Crippen molar-refractivity contribution in [2.75, 3.05) is 27.2 Å².